The molecule has 0 spiro atoms. The van der Waals surface area contributed by atoms with Crippen LogP contribution in [0.2, 0.25) is 0 Å². The summed E-state index contributed by atoms with van der Waals surface area (Å²) < 4.78 is 0. The summed E-state index contributed by atoms with van der Waals surface area (Å²) in [6.45, 7) is 5.20. The first kappa shape index (κ1) is 16.4. The molecule has 0 atom stereocenters. The van der Waals surface area contributed by atoms with Gasteiger partial charge >= 0.3 is 0 Å². The van der Waals surface area contributed by atoms with Gasteiger partial charge in [-0.2, -0.15) is 0 Å². The Hall–Kier alpha value is -2.02. The average Bonchev–Trinajstić information content (AvgIpc) is 3.12. The maximum atomic E-state index is 8.99. The summed E-state index contributed by atoms with van der Waals surface area (Å²) in [7, 11) is 0. The standard InChI is InChI=1S/C19H22N4OS/c24-12-4-7-22-8-10-23(11-9-22)18-16-13-17(15-5-2-1-3-6-15)25-19(16)21-14-20-18/h1-3,5-6,13-14,24H,4,7-12H2. The van der Waals surface area contributed by atoms with E-state index in [1.165, 1.54) is 10.4 Å². The topological polar surface area (TPSA) is 52.5 Å². The quantitative estimate of drug-likeness (QED) is 0.764. The van der Waals surface area contributed by atoms with Crippen LogP contribution in [0.25, 0.3) is 20.7 Å². The third kappa shape index (κ3) is 3.51. The van der Waals surface area contributed by atoms with E-state index in [1.807, 2.05) is 6.07 Å². The SMILES string of the molecule is OCCCN1CCN(c2ncnc3sc(-c4ccccc4)cc23)CC1. The van der Waals surface area contributed by atoms with Crippen molar-refractivity contribution in [3.05, 3.63) is 42.7 Å². The van der Waals surface area contributed by atoms with E-state index in [0.717, 1.165) is 55.2 Å². The Kier molecular flexibility index (Phi) is 4.92. The van der Waals surface area contributed by atoms with Crippen LogP contribution in [0, 0.1) is 0 Å². The number of aliphatic hydroxyl groups is 1. The Morgan fingerprint density at radius 3 is 2.60 bits per heavy atom. The average molecular weight is 354 g/mol. The van der Waals surface area contributed by atoms with Crippen molar-refractivity contribution in [2.24, 2.45) is 0 Å². The minimum Gasteiger partial charge on any atom is -0.396 e. The lowest BCUT2D eigenvalue weighted by molar-refractivity contribution is 0.216. The summed E-state index contributed by atoms with van der Waals surface area (Å²) in [5.41, 5.74) is 1.23. The summed E-state index contributed by atoms with van der Waals surface area (Å²) in [6.07, 6.45) is 2.53. The van der Waals surface area contributed by atoms with Crippen LogP contribution in [0.5, 0.6) is 0 Å². The third-order valence-corrected chi connectivity index (χ3v) is 5.76. The number of aliphatic hydroxyl groups excluding tert-OH is 1. The summed E-state index contributed by atoms with van der Waals surface area (Å²) in [5.74, 6) is 1.05. The minimum atomic E-state index is 0.268. The van der Waals surface area contributed by atoms with Gasteiger partial charge in [0, 0.05) is 44.2 Å². The Bertz CT molecular complexity index is 828. The summed E-state index contributed by atoms with van der Waals surface area (Å²) >= 11 is 1.72. The first-order valence-corrected chi connectivity index (χ1v) is 9.55. The number of nitrogens with zero attached hydrogens (tertiary/aromatic N) is 4. The molecule has 0 bridgehead atoms. The molecule has 6 heteroatoms. The molecule has 4 rings (SSSR count). The van der Waals surface area contributed by atoms with Gasteiger partial charge in [0.2, 0.25) is 0 Å². The largest absolute Gasteiger partial charge is 0.396 e. The Morgan fingerprint density at radius 1 is 1.04 bits per heavy atom. The van der Waals surface area contributed by atoms with Crippen LogP contribution in [0.4, 0.5) is 5.82 Å². The molecular weight excluding hydrogens is 332 g/mol. The molecule has 1 fully saturated rings. The van der Waals surface area contributed by atoms with Gasteiger partial charge in [-0.15, -0.1) is 11.3 Å². The van der Waals surface area contributed by atoms with Crippen LogP contribution in [0.15, 0.2) is 42.7 Å². The zero-order valence-corrected chi connectivity index (χ0v) is 15.0. The Morgan fingerprint density at radius 2 is 1.84 bits per heavy atom. The highest BCUT2D eigenvalue weighted by Crippen LogP contribution is 2.36. The molecule has 0 aliphatic carbocycles. The number of anilines is 1. The Labute approximate surface area is 151 Å². The number of thiophene rings is 1. The molecule has 1 aliphatic rings. The smallest absolute Gasteiger partial charge is 0.140 e. The second-order valence-corrected chi connectivity index (χ2v) is 7.33. The van der Waals surface area contributed by atoms with Crippen molar-refractivity contribution < 1.29 is 5.11 Å². The van der Waals surface area contributed by atoms with Gasteiger partial charge in [-0.1, -0.05) is 30.3 Å². The predicted molar refractivity (Wildman–Crippen MR) is 103 cm³/mol. The number of hydrogen-bond acceptors (Lipinski definition) is 6. The third-order valence-electron chi connectivity index (χ3n) is 4.67. The van der Waals surface area contributed by atoms with Crippen LogP contribution in [0.3, 0.4) is 0 Å². The Balaban J connectivity index is 1.57. The van der Waals surface area contributed by atoms with Crippen molar-refractivity contribution in [3.8, 4) is 10.4 Å². The highest BCUT2D eigenvalue weighted by atomic mass is 32.1. The molecule has 2 aromatic heterocycles. The maximum Gasteiger partial charge on any atom is 0.140 e. The van der Waals surface area contributed by atoms with Crippen molar-refractivity contribution >= 4 is 27.4 Å². The van der Waals surface area contributed by atoms with Gasteiger partial charge in [0.15, 0.2) is 0 Å². The summed E-state index contributed by atoms with van der Waals surface area (Å²) in [6, 6.07) is 12.7. The molecule has 3 heterocycles. The molecule has 5 nitrogen and oxygen atoms in total. The number of piperazine rings is 1. The van der Waals surface area contributed by atoms with Gasteiger partial charge in [-0.3, -0.25) is 4.90 Å². The monoisotopic (exact) mass is 354 g/mol. The molecule has 1 aromatic carbocycles. The van der Waals surface area contributed by atoms with Gasteiger partial charge < -0.3 is 10.0 Å². The first-order valence-electron chi connectivity index (χ1n) is 8.73. The number of rotatable bonds is 5. The molecule has 0 unspecified atom stereocenters. The number of fused-ring (bicyclic) bond motifs is 1. The molecule has 0 saturated carbocycles. The van der Waals surface area contributed by atoms with Gasteiger partial charge in [-0.05, 0) is 18.1 Å². The van der Waals surface area contributed by atoms with Crippen molar-refractivity contribution in [2.75, 3.05) is 44.2 Å². The van der Waals surface area contributed by atoms with Gasteiger partial charge in [-0.25, -0.2) is 9.97 Å². The summed E-state index contributed by atoms with van der Waals surface area (Å²) in [5, 5.41) is 10.1. The number of hydrogen-bond donors (Lipinski definition) is 1. The van der Waals surface area contributed by atoms with Gasteiger partial charge in [0.1, 0.15) is 17.0 Å². The van der Waals surface area contributed by atoms with Crippen molar-refractivity contribution in [3.63, 3.8) is 0 Å². The van der Waals surface area contributed by atoms with E-state index >= 15 is 0 Å². The molecule has 0 radical (unpaired) electrons. The fourth-order valence-corrected chi connectivity index (χ4v) is 4.32. The van der Waals surface area contributed by atoms with Crippen LogP contribution in [0.1, 0.15) is 6.42 Å². The molecule has 3 aromatic rings. The molecule has 1 saturated heterocycles. The van der Waals surface area contributed by atoms with E-state index in [4.69, 9.17) is 5.11 Å². The van der Waals surface area contributed by atoms with E-state index < -0.39 is 0 Å². The van der Waals surface area contributed by atoms with Crippen molar-refractivity contribution in [2.45, 2.75) is 6.42 Å². The molecule has 1 aliphatic heterocycles. The van der Waals surface area contributed by atoms with E-state index in [-0.39, 0.29) is 6.61 Å². The van der Waals surface area contributed by atoms with Crippen LogP contribution in [-0.4, -0.2) is 59.3 Å². The van der Waals surface area contributed by atoms with Crippen LogP contribution >= 0.6 is 11.3 Å². The van der Waals surface area contributed by atoms with E-state index in [0.29, 0.717) is 0 Å². The first-order chi connectivity index (χ1) is 12.3. The van der Waals surface area contributed by atoms with Crippen LogP contribution < -0.4 is 4.90 Å². The lowest BCUT2D eigenvalue weighted by Crippen LogP contribution is -2.47. The second-order valence-electron chi connectivity index (χ2n) is 6.30. The normalized spacial score (nSPS) is 15.8. The summed E-state index contributed by atoms with van der Waals surface area (Å²) in [4.78, 5) is 16.1. The minimum absolute atomic E-state index is 0.268. The zero-order chi connectivity index (χ0) is 17.1. The van der Waals surface area contributed by atoms with Gasteiger partial charge in [0.25, 0.3) is 0 Å². The van der Waals surface area contributed by atoms with Gasteiger partial charge in [0.05, 0.1) is 5.39 Å². The molecule has 0 amide bonds. The van der Waals surface area contributed by atoms with E-state index in [1.54, 1.807) is 17.7 Å². The highest BCUT2D eigenvalue weighted by molar-refractivity contribution is 7.21. The molecule has 1 N–H and O–H groups in total. The van der Waals surface area contributed by atoms with Crippen molar-refractivity contribution in [1.82, 2.24) is 14.9 Å². The maximum absolute atomic E-state index is 8.99. The fourth-order valence-electron chi connectivity index (χ4n) is 3.32. The van der Waals surface area contributed by atoms with E-state index in [2.05, 4.69) is 50.1 Å². The zero-order valence-electron chi connectivity index (χ0n) is 14.1. The fraction of sp³-hybridized carbons (Fsp3) is 0.368. The molecule has 25 heavy (non-hydrogen) atoms. The van der Waals surface area contributed by atoms with E-state index in [9.17, 15) is 0 Å². The number of aromatic nitrogens is 2. The lowest BCUT2D eigenvalue weighted by Gasteiger charge is -2.35. The lowest BCUT2D eigenvalue weighted by atomic mass is 10.2. The number of benzene rings is 1. The van der Waals surface area contributed by atoms with Crippen molar-refractivity contribution in [1.29, 1.82) is 0 Å². The second kappa shape index (κ2) is 7.47. The highest BCUT2D eigenvalue weighted by Gasteiger charge is 2.20. The molecule has 130 valence electrons. The van der Waals surface area contributed by atoms with Crippen LogP contribution in [-0.2, 0) is 0 Å². The predicted octanol–water partition coefficient (Wildman–Crippen LogP) is 2.86. The molecular formula is C19H22N4OS.